The molecule has 7 heteroatoms. The molecule has 0 spiro atoms. The number of anilines is 1. The zero-order valence-electron chi connectivity index (χ0n) is 14.9. The van der Waals surface area contributed by atoms with Crippen molar-refractivity contribution in [2.75, 3.05) is 19.0 Å². The van der Waals surface area contributed by atoms with Crippen molar-refractivity contribution >= 4 is 40.6 Å². The van der Waals surface area contributed by atoms with Gasteiger partial charge in [-0.25, -0.2) is 0 Å². The molecule has 6 nitrogen and oxygen atoms in total. The number of imide groups is 1. The molecular weight excluding hydrogens is 364 g/mol. The van der Waals surface area contributed by atoms with Crippen LogP contribution in [0.3, 0.4) is 0 Å². The summed E-state index contributed by atoms with van der Waals surface area (Å²) in [7, 11) is 1.51. The second-order valence-corrected chi connectivity index (χ2v) is 6.92. The third-order valence-corrected chi connectivity index (χ3v) is 4.81. The van der Waals surface area contributed by atoms with E-state index in [2.05, 4.69) is 5.32 Å². The molecule has 1 aliphatic heterocycles. The Morgan fingerprint density at radius 1 is 1.19 bits per heavy atom. The summed E-state index contributed by atoms with van der Waals surface area (Å²) in [5.41, 5.74) is 2.26. The predicted octanol–water partition coefficient (Wildman–Crippen LogP) is 3.68. The zero-order valence-corrected chi connectivity index (χ0v) is 15.7. The number of methoxy groups -OCH3 is 1. The molecule has 1 saturated heterocycles. The average molecular weight is 382 g/mol. The first-order chi connectivity index (χ1) is 13.0. The van der Waals surface area contributed by atoms with Gasteiger partial charge < -0.3 is 10.1 Å². The number of rotatable bonds is 5. The first kappa shape index (κ1) is 18.7. The molecule has 0 radical (unpaired) electrons. The Morgan fingerprint density at radius 2 is 1.93 bits per heavy atom. The SMILES string of the molecule is COc1ccc(C)cc1NC(=O)CN1C(=O)S/C(=C/c2ccccc2)C1=O. The van der Waals surface area contributed by atoms with Crippen LogP contribution in [-0.2, 0) is 9.59 Å². The third-order valence-electron chi connectivity index (χ3n) is 3.90. The molecule has 1 fully saturated rings. The van der Waals surface area contributed by atoms with Crippen molar-refractivity contribution in [1.29, 1.82) is 0 Å². The number of carbonyl (C=O) groups excluding carboxylic acids is 3. The van der Waals surface area contributed by atoms with Crippen molar-refractivity contribution in [3.05, 3.63) is 64.6 Å². The van der Waals surface area contributed by atoms with Gasteiger partial charge in [0, 0.05) is 0 Å². The number of amides is 3. The Morgan fingerprint density at radius 3 is 2.63 bits per heavy atom. The predicted molar refractivity (Wildman–Crippen MR) is 105 cm³/mol. The fourth-order valence-corrected chi connectivity index (χ4v) is 3.43. The molecule has 0 saturated carbocycles. The quantitative estimate of drug-likeness (QED) is 0.799. The highest BCUT2D eigenvalue weighted by molar-refractivity contribution is 8.18. The molecule has 0 unspecified atom stereocenters. The Labute approximate surface area is 161 Å². The summed E-state index contributed by atoms with van der Waals surface area (Å²) in [6.45, 7) is 1.54. The van der Waals surface area contributed by atoms with Crippen molar-refractivity contribution in [1.82, 2.24) is 4.90 Å². The third kappa shape index (κ3) is 4.38. The fraction of sp³-hybridized carbons (Fsp3) is 0.150. The molecule has 0 atom stereocenters. The standard InChI is InChI=1S/C20H18N2O4S/c1-13-8-9-16(26-2)15(10-13)21-18(23)12-22-19(24)17(27-20(22)25)11-14-6-4-3-5-7-14/h3-11H,12H2,1-2H3,(H,21,23)/b17-11+. The van der Waals surface area contributed by atoms with Crippen molar-refractivity contribution in [2.24, 2.45) is 0 Å². The van der Waals surface area contributed by atoms with Crippen LogP contribution in [0.4, 0.5) is 10.5 Å². The molecule has 0 aromatic heterocycles. The van der Waals surface area contributed by atoms with E-state index < -0.39 is 17.1 Å². The van der Waals surface area contributed by atoms with Crippen LogP contribution in [0.25, 0.3) is 6.08 Å². The number of ether oxygens (including phenoxy) is 1. The summed E-state index contributed by atoms with van der Waals surface area (Å²) in [6.07, 6.45) is 1.65. The van der Waals surface area contributed by atoms with Crippen LogP contribution in [-0.4, -0.2) is 35.6 Å². The van der Waals surface area contributed by atoms with Crippen LogP contribution in [0.2, 0.25) is 0 Å². The molecule has 2 aromatic carbocycles. The number of nitrogens with one attached hydrogen (secondary N) is 1. The molecule has 27 heavy (non-hydrogen) atoms. The van der Waals surface area contributed by atoms with E-state index in [1.165, 1.54) is 7.11 Å². The lowest BCUT2D eigenvalue weighted by Gasteiger charge is -2.14. The van der Waals surface area contributed by atoms with Gasteiger partial charge in [-0.2, -0.15) is 0 Å². The van der Waals surface area contributed by atoms with Crippen LogP contribution in [0.15, 0.2) is 53.4 Å². The van der Waals surface area contributed by atoms with Crippen LogP contribution in [0, 0.1) is 6.92 Å². The maximum atomic E-state index is 12.5. The Kier molecular flexibility index (Phi) is 5.61. The average Bonchev–Trinajstić information content (AvgIpc) is 2.90. The van der Waals surface area contributed by atoms with Gasteiger partial charge in [0.05, 0.1) is 17.7 Å². The minimum Gasteiger partial charge on any atom is -0.495 e. The topological polar surface area (TPSA) is 75.7 Å². The van der Waals surface area contributed by atoms with Crippen molar-refractivity contribution in [3.8, 4) is 5.75 Å². The van der Waals surface area contributed by atoms with Crippen molar-refractivity contribution < 1.29 is 19.1 Å². The fourth-order valence-electron chi connectivity index (χ4n) is 2.59. The van der Waals surface area contributed by atoms with Crippen LogP contribution < -0.4 is 10.1 Å². The number of nitrogens with zero attached hydrogens (tertiary/aromatic N) is 1. The van der Waals surface area contributed by atoms with E-state index in [1.807, 2.05) is 43.3 Å². The van der Waals surface area contributed by atoms with Crippen molar-refractivity contribution in [2.45, 2.75) is 6.92 Å². The molecule has 2 aromatic rings. The summed E-state index contributed by atoms with van der Waals surface area (Å²) < 4.78 is 5.22. The van der Waals surface area contributed by atoms with Gasteiger partial charge >= 0.3 is 0 Å². The molecule has 1 aliphatic rings. The summed E-state index contributed by atoms with van der Waals surface area (Å²) in [5.74, 6) is -0.436. The lowest BCUT2D eigenvalue weighted by molar-refractivity contribution is -0.127. The molecule has 138 valence electrons. The van der Waals surface area contributed by atoms with E-state index in [-0.39, 0.29) is 6.54 Å². The van der Waals surface area contributed by atoms with Gasteiger partial charge in [0.2, 0.25) is 5.91 Å². The molecule has 3 amide bonds. The monoisotopic (exact) mass is 382 g/mol. The van der Waals surface area contributed by atoms with Gasteiger partial charge in [-0.05, 0) is 48.0 Å². The second-order valence-electron chi connectivity index (χ2n) is 5.93. The highest BCUT2D eigenvalue weighted by Crippen LogP contribution is 2.32. The summed E-state index contributed by atoms with van der Waals surface area (Å²) >= 11 is 0.829. The van der Waals surface area contributed by atoms with Crippen LogP contribution >= 0.6 is 11.8 Å². The summed E-state index contributed by atoms with van der Waals surface area (Å²) in [5, 5.41) is 2.23. The van der Waals surface area contributed by atoms with Gasteiger partial charge in [0.15, 0.2) is 0 Å². The summed E-state index contributed by atoms with van der Waals surface area (Å²) in [4.78, 5) is 38.3. The Hall–Kier alpha value is -3.06. The largest absolute Gasteiger partial charge is 0.495 e. The highest BCUT2D eigenvalue weighted by atomic mass is 32.2. The number of carbonyl (C=O) groups is 3. The van der Waals surface area contributed by atoms with Crippen molar-refractivity contribution in [3.63, 3.8) is 0 Å². The molecule has 1 heterocycles. The normalized spacial score (nSPS) is 15.3. The number of thioether (sulfide) groups is 1. The van der Waals surface area contributed by atoms with Gasteiger partial charge in [0.1, 0.15) is 12.3 Å². The minimum atomic E-state index is -0.472. The minimum absolute atomic E-state index is 0.298. The molecule has 1 N–H and O–H groups in total. The smallest absolute Gasteiger partial charge is 0.294 e. The van der Waals surface area contributed by atoms with E-state index in [4.69, 9.17) is 4.74 Å². The van der Waals surface area contributed by atoms with Gasteiger partial charge in [-0.15, -0.1) is 0 Å². The highest BCUT2D eigenvalue weighted by Gasteiger charge is 2.36. The van der Waals surface area contributed by atoms with E-state index in [9.17, 15) is 14.4 Å². The van der Waals surface area contributed by atoms with E-state index >= 15 is 0 Å². The van der Waals surface area contributed by atoms with E-state index in [0.29, 0.717) is 16.3 Å². The lowest BCUT2D eigenvalue weighted by atomic mass is 10.2. The Bertz CT molecular complexity index is 925. The molecule has 0 aliphatic carbocycles. The van der Waals surface area contributed by atoms with Gasteiger partial charge in [0.25, 0.3) is 11.1 Å². The maximum Gasteiger partial charge on any atom is 0.294 e. The Balaban J connectivity index is 1.71. The summed E-state index contributed by atoms with van der Waals surface area (Å²) in [6, 6.07) is 14.6. The number of benzene rings is 2. The number of hydrogen-bond donors (Lipinski definition) is 1. The number of hydrogen-bond acceptors (Lipinski definition) is 5. The first-order valence-electron chi connectivity index (χ1n) is 8.23. The molecular formula is C20H18N2O4S. The second kappa shape index (κ2) is 8.09. The van der Waals surface area contributed by atoms with Gasteiger partial charge in [-0.3, -0.25) is 19.3 Å². The first-order valence-corrected chi connectivity index (χ1v) is 9.04. The number of aryl methyl sites for hydroxylation is 1. The maximum absolute atomic E-state index is 12.5. The van der Waals surface area contributed by atoms with Crippen LogP contribution in [0.1, 0.15) is 11.1 Å². The van der Waals surface area contributed by atoms with E-state index in [0.717, 1.165) is 27.8 Å². The molecule has 0 bridgehead atoms. The van der Waals surface area contributed by atoms with E-state index in [1.54, 1.807) is 18.2 Å². The van der Waals surface area contributed by atoms with Crippen LogP contribution in [0.5, 0.6) is 5.75 Å². The van der Waals surface area contributed by atoms with Gasteiger partial charge in [-0.1, -0.05) is 36.4 Å². The zero-order chi connectivity index (χ0) is 19.4. The molecule has 3 rings (SSSR count). The lowest BCUT2D eigenvalue weighted by Crippen LogP contribution is -2.36.